The van der Waals surface area contributed by atoms with Crippen LogP contribution in [0.25, 0.3) is 0 Å². The molecule has 0 spiro atoms. The van der Waals surface area contributed by atoms with Gasteiger partial charge in [-0.05, 0) is 61.5 Å². The zero-order chi connectivity index (χ0) is 96.4. The fourth-order valence-corrected chi connectivity index (χ4v) is 17.0. The molecule has 2 aromatic rings. The van der Waals surface area contributed by atoms with Crippen LogP contribution < -0.4 is 38.2 Å². The number of hydrogen-bond donors (Lipinski definition) is 13. The number of ether oxygens (including phenoxy) is 24. The zero-order valence-corrected chi connectivity index (χ0v) is 79.8. The lowest BCUT2D eigenvalue weighted by Gasteiger charge is -2.42. The van der Waals surface area contributed by atoms with Gasteiger partial charge in [0.1, 0.15) is 69.2 Å². The van der Waals surface area contributed by atoms with E-state index in [1.807, 2.05) is 18.2 Å². The first kappa shape index (κ1) is 114. The van der Waals surface area contributed by atoms with Gasteiger partial charge in [-0.1, -0.05) is 41.3 Å². The number of unbranched alkanes of at least 4 members (excludes halogenated alkanes) is 6. The molecule has 2 aromatic heterocycles. The van der Waals surface area contributed by atoms with Crippen molar-refractivity contribution < 1.29 is 164 Å². The number of aliphatic imine (C=N–C) groups is 1. The summed E-state index contributed by atoms with van der Waals surface area (Å²) in [4.78, 5) is 60.1. The number of carbonyl (C=O) groups is 4. The van der Waals surface area contributed by atoms with E-state index in [9.17, 15) is 49.8 Å². The molecule has 7 aliphatic rings. The van der Waals surface area contributed by atoms with E-state index in [1.165, 1.54) is 13.1 Å². The molecule has 0 aliphatic carbocycles. The molecule has 14 atom stereocenters. The molecule has 0 saturated carbocycles. The number of nitrogens with two attached hydrogens (primary N) is 2. The molecule has 9 rings (SSSR count). The first-order valence-corrected chi connectivity index (χ1v) is 49.3. The maximum Gasteiger partial charge on any atom is 0.271 e. The molecule has 0 radical (unpaired) electrons. The highest BCUT2D eigenvalue weighted by molar-refractivity contribution is 8.76. The van der Waals surface area contributed by atoms with Crippen molar-refractivity contribution in [3.05, 3.63) is 48.2 Å². The van der Waals surface area contributed by atoms with Crippen molar-refractivity contribution in [2.24, 2.45) is 21.7 Å². The van der Waals surface area contributed by atoms with Crippen LogP contribution in [0.5, 0.6) is 0 Å². The maximum atomic E-state index is 14.3. The minimum Gasteiger partial charge on any atom is -0.399 e. The van der Waals surface area contributed by atoms with Crippen LogP contribution in [-0.2, 0) is 146 Å². The van der Waals surface area contributed by atoms with Gasteiger partial charge in [0, 0.05) is 76.5 Å². The van der Waals surface area contributed by atoms with Crippen molar-refractivity contribution >= 4 is 57.1 Å². The third-order valence-corrected chi connectivity index (χ3v) is 24.6. The van der Waals surface area contributed by atoms with Crippen molar-refractivity contribution in [1.29, 1.82) is 0 Å². The first-order chi connectivity index (χ1) is 66.3. The predicted octanol–water partition coefficient (Wildman–Crippen LogP) is -2.05. The zero-order valence-electron chi connectivity index (χ0n) is 78.1. The van der Waals surface area contributed by atoms with Crippen LogP contribution in [0.1, 0.15) is 103 Å². The molecule has 1 unspecified atom stereocenters. The molecule has 47 nitrogen and oxygen atoms in total. The maximum absolute atomic E-state index is 14.3. The lowest BCUT2D eigenvalue weighted by Crippen LogP contribution is -2.66. The number of nitrogens with one attached hydrogen (secondary N) is 5. The number of hydrazone groups is 1. The first-order valence-electron chi connectivity index (χ1n) is 46.9. The number of aromatic nitrogens is 4. The number of amides is 4. The Labute approximate surface area is 801 Å². The fourth-order valence-electron chi connectivity index (χ4n) is 15.0. The molecule has 776 valence electrons. The van der Waals surface area contributed by atoms with Crippen LogP contribution in [0.2, 0.25) is 0 Å². The van der Waals surface area contributed by atoms with Crippen LogP contribution in [0.4, 0.5) is 0 Å². The molecule has 6 bridgehead atoms. The summed E-state index contributed by atoms with van der Waals surface area (Å²) < 4.78 is 140. The van der Waals surface area contributed by atoms with Gasteiger partial charge >= 0.3 is 0 Å². The minimum atomic E-state index is -1.36. The molecule has 4 amide bonds. The Morgan fingerprint density at radius 1 is 0.566 bits per heavy atom. The summed E-state index contributed by atoms with van der Waals surface area (Å²) in [5.74, 6) is 6.03. The fraction of sp³-hybridized carbons (Fsp3) is 0.828. The molecule has 7 aliphatic heterocycles. The van der Waals surface area contributed by atoms with Gasteiger partial charge in [0.2, 0.25) is 23.6 Å². The smallest absolute Gasteiger partial charge is 0.271 e. The van der Waals surface area contributed by atoms with E-state index in [0.717, 1.165) is 36.5 Å². The summed E-state index contributed by atoms with van der Waals surface area (Å²) in [6, 6.07) is 4.69. The lowest BCUT2D eigenvalue weighted by atomic mass is 9.88. The molecule has 0 aromatic carbocycles. The molecule has 49 heteroatoms. The average molecular weight is 1980 g/mol. The molecular weight excluding hydrogens is 1840 g/mol. The van der Waals surface area contributed by atoms with E-state index < -0.39 is 96.3 Å². The van der Waals surface area contributed by atoms with E-state index in [2.05, 4.69) is 52.0 Å². The predicted molar refractivity (Wildman–Crippen MR) is 485 cm³/mol. The van der Waals surface area contributed by atoms with Crippen LogP contribution in [0.3, 0.4) is 0 Å². The molecule has 136 heavy (non-hydrogen) atoms. The van der Waals surface area contributed by atoms with Crippen molar-refractivity contribution in [3.8, 4) is 0 Å². The van der Waals surface area contributed by atoms with Gasteiger partial charge in [-0.15, -0.1) is 5.10 Å². The van der Waals surface area contributed by atoms with Gasteiger partial charge in [-0.3, -0.25) is 24.2 Å². The van der Waals surface area contributed by atoms with E-state index in [0.29, 0.717) is 155 Å². The number of nitrogens with zero attached hydrogens (tertiary/aromatic N) is 6. The van der Waals surface area contributed by atoms with Crippen molar-refractivity contribution in [3.63, 3.8) is 0 Å². The Bertz CT molecular complexity index is 3690. The van der Waals surface area contributed by atoms with Gasteiger partial charge in [0.15, 0.2) is 18.9 Å². The Hall–Kier alpha value is -5.85. The summed E-state index contributed by atoms with van der Waals surface area (Å²) in [5.41, 5.74) is 2.72. The number of fused-ring (bicyclic) bond motifs is 6. The average Bonchev–Trinajstić information content (AvgIpc) is 1.59. The van der Waals surface area contributed by atoms with Gasteiger partial charge in [-0.2, -0.15) is 5.10 Å². The second kappa shape index (κ2) is 66.1. The minimum absolute atomic E-state index is 0.0192. The number of aliphatic hydroxyl groups excluding tert-OH is 6. The molecule has 15 N–H and O–H groups in total. The lowest BCUT2D eigenvalue weighted by molar-refractivity contribution is -0.315. The highest BCUT2D eigenvalue weighted by Crippen LogP contribution is 2.40. The van der Waals surface area contributed by atoms with Gasteiger partial charge in [0.05, 0.1) is 281 Å². The molecular formula is C87H147N13O34S2. The highest BCUT2D eigenvalue weighted by atomic mass is 33.1. The Kier molecular flexibility index (Phi) is 55.3. The van der Waals surface area contributed by atoms with E-state index >= 15 is 0 Å². The summed E-state index contributed by atoms with van der Waals surface area (Å²) in [6.07, 6.45) is 5.64. The highest BCUT2D eigenvalue weighted by Gasteiger charge is 2.60. The molecule has 7 saturated heterocycles. The normalized spacial score (nSPS) is 25.9. The van der Waals surface area contributed by atoms with Crippen molar-refractivity contribution in [2.45, 2.75) is 211 Å². The number of aliphatic hydroxyl groups is 6. The molecule has 7 fully saturated rings. The quantitative estimate of drug-likeness (QED) is 0.0111. The summed E-state index contributed by atoms with van der Waals surface area (Å²) in [6.45, 7) is 8.43. The van der Waals surface area contributed by atoms with Crippen LogP contribution >= 0.6 is 21.6 Å². The monoisotopic (exact) mass is 1980 g/mol. The van der Waals surface area contributed by atoms with Gasteiger partial charge in [0.25, 0.3) is 6.48 Å². The van der Waals surface area contributed by atoms with Crippen LogP contribution in [0.15, 0.2) is 57.6 Å². The number of hydrogen-bond acceptors (Lipinski definition) is 44. The summed E-state index contributed by atoms with van der Waals surface area (Å²) in [7, 11) is 3.42. The van der Waals surface area contributed by atoms with Crippen molar-refractivity contribution in [2.75, 3.05) is 257 Å². The molecule has 9 heterocycles. The second-order valence-electron chi connectivity index (χ2n) is 33.6. The topological polar surface area (TPSA) is 592 Å². The van der Waals surface area contributed by atoms with E-state index in [4.69, 9.17) is 125 Å². The number of pyridine rings is 1. The van der Waals surface area contributed by atoms with E-state index in [1.54, 1.807) is 44.9 Å². The third-order valence-electron chi connectivity index (χ3n) is 22.2. The third kappa shape index (κ3) is 43.1. The van der Waals surface area contributed by atoms with Crippen LogP contribution in [0, 0.1) is 0 Å². The standard InChI is InChI=1S/C87H147N13O34S2/c1-64(101)94-77-78(107)81(110)87(63-131-82(77)134-87)60-122-43-40-119-37-34-116-31-28-113-25-21-100-49-67(98-99-100)52-125-57-84(55-123-50-65(88)47-90-19-23-111-26-29-114-32-35-117-38-41-120-58-85-61-129-75(132-85)45-69(102)79(85)108,56-124-51-66(97-89)48-91-20-24-112-27-30-115-33-36-118-39-42-121-59-86-62-130-76(133-86)46-70(103)80(86)109)96-73(106)15-5-2-9-17-92-71(104)13-6-3-11-22-126-83-127-53-68(54-128-83)95-72(105)14-7-4-12-44-135-136-74-16-8-10-18-93-74/h8,10,16,18,47-49,68-70,75-83,90,102-103,107-110H,2-7,9,11-15,17,19-46,50-63,88-89H2,1H3,(H,92,104)(H,94,101)(H,95,105)(H,96,106)/b65-47-,91-48?,97-66?/t68?,69-,70-,75-,76-,77-,78-,79-,80-,81-,82+,83?,84?,85+,86+,87+/m1/s1. The van der Waals surface area contributed by atoms with Crippen molar-refractivity contribution in [1.82, 2.24) is 46.6 Å². The van der Waals surface area contributed by atoms with Gasteiger partial charge in [-0.25, -0.2) is 9.67 Å². The Balaban J connectivity index is 0.682. The summed E-state index contributed by atoms with van der Waals surface area (Å²) in [5, 5.41) is 91.0. The Morgan fingerprint density at radius 3 is 1.70 bits per heavy atom. The number of rotatable bonds is 80. The van der Waals surface area contributed by atoms with Crippen LogP contribution in [-0.4, -0.2) is 439 Å². The number of carbonyl (C=O) groups excluding carboxylic acids is 4. The Morgan fingerprint density at radius 2 is 1.10 bits per heavy atom. The second-order valence-corrected chi connectivity index (χ2v) is 36.0. The SMILES string of the molecule is CC(=O)N[C@H]1[C@H]2OC[C@](COCCOCCOCCOCCn3cc(COCC(COCC(C=NCCOCCOCCOCCOC[C@]45CO[C@@H](C[C@@H](O)[C@H]4O)O5)=NN)(COC/C(N)=C/NCCOCCOCCOCCOC[C@]45CO[C@@H](C[C@@H](O)[C@H]4O)O5)NC(=O)CCCCCNC(=O)CCCCCOC4OCC(NC(=O)CCCCCSSc5ccccn5)CO4)nn3)(O2)[C@H](O)[C@@H]1O. The largest absolute Gasteiger partial charge is 0.399 e. The van der Waals surface area contributed by atoms with E-state index in [-0.39, 0.29) is 214 Å². The van der Waals surface area contributed by atoms with Gasteiger partial charge < -0.3 is 182 Å². The summed E-state index contributed by atoms with van der Waals surface area (Å²) >= 11 is 0.